The zero-order valence-electron chi connectivity index (χ0n) is 13.5. The molecule has 24 heavy (non-hydrogen) atoms. The summed E-state index contributed by atoms with van der Waals surface area (Å²) in [4.78, 5) is 12.2. The number of carbonyl (C=O) groups excluding carboxylic acids is 1. The molecule has 0 aliphatic carbocycles. The molecule has 0 bridgehead atoms. The van der Waals surface area contributed by atoms with Crippen LogP contribution < -0.4 is 20.1 Å². The Hall–Kier alpha value is -3.21. The molecule has 0 aromatic heterocycles. The summed E-state index contributed by atoms with van der Waals surface area (Å²) in [5.74, 6) is 1.21. The van der Waals surface area contributed by atoms with Gasteiger partial charge in [-0.05, 0) is 22.9 Å². The molecule has 0 spiro atoms. The Bertz CT molecular complexity index is 855. The van der Waals surface area contributed by atoms with Crippen molar-refractivity contribution in [2.24, 2.45) is 0 Å². The summed E-state index contributed by atoms with van der Waals surface area (Å²) in [5.41, 5.74) is 1.31. The van der Waals surface area contributed by atoms with Gasteiger partial charge < -0.3 is 20.1 Å². The molecule has 5 heteroatoms. The number of hydrogen-bond acceptors (Lipinski definition) is 3. The van der Waals surface area contributed by atoms with Gasteiger partial charge in [0.15, 0.2) is 0 Å². The molecule has 0 radical (unpaired) electrons. The van der Waals surface area contributed by atoms with E-state index in [4.69, 9.17) is 9.47 Å². The van der Waals surface area contributed by atoms with Crippen molar-refractivity contribution in [2.45, 2.75) is 0 Å². The van der Waals surface area contributed by atoms with Crippen molar-refractivity contribution < 1.29 is 14.3 Å². The van der Waals surface area contributed by atoms with Crippen LogP contribution in [-0.2, 0) is 0 Å². The second kappa shape index (κ2) is 6.91. The molecule has 3 aromatic carbocycles. The fourth-order valence-electron chi connectivity index (χ4n) is 2.44. The molecular weight excluding hydrogens is 304 g/mol. The zero-order chi connectivity index (χ0) is 16.9. The van der Waals surface area contributed by atoms with Crippen molar-refractivity contribution in [3.8, 4) is 11.5 Å². The van der Waals surface area contributed by atoms with Gasteiger partial charge in [0.25, 0.3) is 0 Å². The van der Waals surface area contributed by atoms with Crippen molar-refractivity contribution in [2.75, 3.05) is 24.9 Å². The number of fused-ring (bicyclic) bond motifs is 1. The molecule has 122 valence electrons. The first-order valence-corrected chi connectivity index (χ1v) is 7.48. The van der Waals surface area contributed by atoms with E-state index in [1.165, 1.54) is 0 Å². The summed E-state index contributed by atoms with van der Waals surface area (Å²) >= 11 is 0. The van der Waals surface area contributed by atoms with Crippen molar-refractivity contribution in [3.63, 3.8) is 0 Å². The van der Waals surface area contributed by atoms with Crippen LogP contribution in [0.15, 0.2) is 60.7 Å². The minimum atomic E-state index is -0.333. The summed E-state index contributed by atoms with van der Waals surface area (Å²) in [6.45, 7) is 0. The van der Waals surface area contributed by atoms with Gasteiger partial charge in [0.05, 0.1) is 14.2 Å². The quantitative estimate of drug-likeness (QED) is 0.743. The summed E-state index contributed by atoms with van der Waals surface area (Å²) in [6, 6.07) is 18.6. The van der Waals surface area contributed by atoms with Gasteiger partial charge in [-0.3, -0.25) is 0 Å². The summed E-state index contributed by atoms with van der Waals surface area (Å²) in [5, 5.41) is 7.80. The largest absolute Gasteiger partial charge is 0.497 e. The third-order valence-corrected chi connectivity index (χ3v) is 3.62. The third-order valence-electron chi connectivity index (χ3n) is 3.62. The first kappa shape index (κ1) is 15.7. The Morgan fingerprint density at radius 2 is 1.38 bits per heavy atom. The normalized spacial score (nSPS) is 10.2. The second-order valence-electron chi connectivity index (χ2n) is 5.24. The molecule has 0 atom stereocenters. The van der Waals surface area contributed by atoms with Crippen LogP contribution >= 0.6 is 0 Å². The van der Waals surface area contributed by atoms with E-state index >= 15 is 0 Å². The van der Waals surface area contributed by atoms with Gasteiger partial charge in [0, 0.05) is 29.6 Å². The standard InChI is InChI=1S/C19H18N2O3/c1-23-17-10-16(11-18(12-17)24-2)21-19(22)20-15-8-7-13-5-3-4-6-14(13)9-15/h3-12H,1-2H3,(H2,20,21,22). The fraction of sp³-hybridized carbons (Fsp3) is 0.105. The zero-order valence-corrected chi connectivity index (χ0v) is 13.5. The van der Waals surface area contributed by atoms with Crippen LogP contribution in [0, 0.1) is 0 Å². The van der Waals surface area contributed by atoms with E-state index in [1.54, 1.807) is 32.4 Å². The number of methoxy groups -OCH3 is 2. The van der Waals surface area contributed by atoms with Crippen LogP contribution in [-0.4, -0.2) is 20.3 Å². The monoisotopic (exact) mass is 322 g/mol. The average Bonchev–Trinajstić information content (AvgIpc) is 2.61. The molecule has 0 aliphatic rings. The topological polar surface area (TPSA) is 59.6 Å². The molecule has 2 N–H and O–H groups in total. The van der Waals surface area contributed by atoms with Gasteiger partial charge in [-0.15, -0.1) is 0 Å². The maximum absolute atomic E-state index is 12.2. The summed E-state index contributed by atoms with van der Waals surface area (Å²) < 4.78 is 10.4. The number of hydrogen-bond donors (Lipinski definition) is 2. The van der Waals surface area contributed by atoms with Crippen molar-refractivity contribution in [1.82, 2.24) is 0 Å². The molecule has 5 nitrogen and oxygen atoms in total. The third kappa shape index (κ3) is 3.57. The maximum Gasteiger partial charge on any atom is 0.323 e. The first-order valence-electron chi connectivity index (χ1n) is 7.48. The molecule has 2 amide bonds. The summed E-state index contributed by atoms with van der Waals surface area (Å²) in [7, 11) is 3.13. The van der Waals surface area contributed by atoms with Crippen LogP contribution in [0.5, 0.6) is 11.5 Å². The van der Waals surface area contributed by atoms with Gasteiger partial charge in [0.1, 0.15) is 11.5 Å². The van der Waals surface area contributed by atoms with Crippen molar-refractivity contribution >= 4 is 28.2 Å². The molecular formula is C19H18N2O3. The average molecular weight is 322 g/mol. The highest BCUT2D eigenvalue weighted by molar-refractivity contribution is 6.01. The number of anilines is 2. The number of ether oxygens (including phenoxy) is 2. The Kier molecular flexibility index (Phi) is 4.52. The summed E-state index contributed by atoms with van der Waals surface area (Å²) in [6.07, 6.45) is 0. The van der Waals surface area contributed by atoms with E-state index in [-0.39, 0.29) is 6.03 Å². The molecule has 0 saturated heterocycles. The highest BCUT2D eigenvalue weighted by Crippen LogP contribution is 2.26. The van der Waals surface area contributed by atoms with E-state index in [0.717, 1.165) is 16.5 Å². The van der Waals surface area contributed by atoms with Gasteiger partial charge in [-0.2, -0.15) is 0 Å². The Morgan fingerprint density at radius 1 is 0.750 bits per heavy atom. The van der Waals surface area contributed by atoms with Gasteiger partial charge in [0.2, 0.25) is 0 Å². The van der Waals surface area contributed by atoms with E-state index in [1.807, 2.05) is 42.5 Å². The van der Waals surface area contributed by atoms with Gasteiger partial charge >= 0.3 is 6.03 Å². The Labute approximate surface area is 140 Å². The van der Waals surface area contributed by atoms with Crippen LogP contribution in [0.1, 0.15) is 0 Å². The molecule has 3 aromatic rings. The van der Waals surface area contributed by atoms with Crippen molar-refractivity contribution in [3.05, 3.63) is 60.7 Å². The van der Waals surface area contributed by atoms with Crippen molar-refractivity contribution in [1.29, 1.82) is 0 Å². The van der Waals surface area contributed by atoms with Crippen LogP contribution in [0.2, 0.25) is 0 Å². The molecule has 0 aliphatic heterocycles. The molecule has 3 rings (SSSR count). The molecule has 0 heterocycles. The maximum atomic E-state index is 12.2. The fourth-order valence-corrected chi connectivity index (χ4v) is 2.44. The van der Waals surface area contributed by atoms with E-state index in [2.05, 4.69) is 10.6 Å². The predicted molar refractivity (Wildman–Crippen MR) is 96.1 cm³/mol. The lowest BCUT2D eigenvalue weighted by atomic mass is 10.1. The lowest BCUT2D eigenvalue weighted by Crippen LogP contribution is -2.19. The highest BCUT2D eigenvalue weighted by Gasteiger charge is 2.07. The second-order valence-corrected chi connectivity index (χ2v) is 5.24. The van der Waals surface area contributed by atoms with Gasteiger partial charge in [-0.25, -0.2) is 4.79 Å². The number of rotatable bonds is 4. The van der Waals surface area contributed by atoms with Crippen LogP contribution in [0.4, 0.5) is 16.2 Å². The Morgan fingerprint density at radius 3 is 2.04 bits per heavy atom. The Balaban J connectivity index is 1.74. The predicted octanol–water partition coefficient (Wildman–Crippen LogP) is 4.50. The number of amides is 2. The van der Waals surface area contributed by atoms with Gasteiger partial charge in [-0.1, -0.05) is 30.3 Å². The lowest BCUT2D eigenvalue weighted by Gasteiger charge is -2.11. The number of carbonyl (C=O) groups is 1. The SMILES string of the molecule is COc1cc(NC(=O)Nc2ccc3ccccc3c2)cc(OC)c1. The molecule has 0 fully saturated rings. The first-order chi connectivity index (χ1) is 11.7. The number of benzene rings is 3. The van der Waals surface area contributed by atoms with E-state index in [0.29, 0.717) is 17.2 Å². The highest BCUT2D eigenvalue weighted by atomic mass is 16.5. The number of urea groups is 1. The smallest absolute Gasteiger partial charge is 0.323 e. The molecule has 0 saturated carbocycles. The minimum absolute atomic E-state index is 0.333. The number of nitrogens with one attached hydrogen (secondary N) is 2. The van der Waals surface area contributed by atoms with Crippen LogP contribution in [0.3, 0.4) is 0 Å². The van der Waals surface area contributed by atoms with E-state index in [9.17, 15) is 4.79 Å². The van der Waals surface area contributed by atoms with E-state index < -0.39 is 0 Å². The van der Waals surface area contributed by atoms with Crippen LogP contribution in [0.25, 0.3) is 10.8 Å². The minimum Gasteiger partial charge on any atom is -0.497 e. The lowest BCUT2D eigenvalue weighted by molar-refractivity contribution is 0.262. The molecule has 0 unspecified atom stereocenters.